The number of nitrogens with one attached hydrogen (secondary N) is 3. The number of carbonyl (C=O) groups excluding carboxylic acids is 2. The molecule has 8 nitrogen and oxygen atoms in total. The Morgan fingerprint density at radius 1 is 0.893 bits per heavy atom. The minimum absolute atomic E-state index is 0.113. The zero-order chi connectivity index (χ0) is 20.1. The number of anilines is 3. The molecule has 1 aromatic heterocycles. The molecule has 1 heterocycles. The molecule has 0 unspecified atom stereocenters. The summed E-state index contributed by atoms with van der Waals surface area (Å²) in [4.78, 5) is 36.0. The van der Waals surface area contributed by atoms with Gasteiger partial charge in [0.1, 0.15) is 5.69 Å². The lowest BCUT2D eigenvalue weighted by Gasteiger charge is -2.12. The van der Waals surface area contributed by atoms with Crippen molar-refractivity contribution in [2.75, 3.05) is 16.0 Å². The van der Waals surface area contributed by atoms with Crippen LogP contribution in [0.3, 0.4) is 0 Å². The number of rotatable bonds is 4. The first-order valence-corrected chi connectivity index (χ1v) is 8.52. The van der Waals surface area contributed by atoms with Gasteiger partial charge in [0.05, 0.1) is 0 Å². The van der Waals surface area contributed by atoms with E-state index in [1.807, 2.05) is 25.1 Å². The minimum Gasteiger partial charge on any atom is -0.320 e. The normalized spacial score (nSPS) is 10.2. The third-order valence-corrected chi connectivity index (χ3v) is 3.97. The number of hydrogen-bond acceptors (Lipinski definition) is 4. The molecule has 3 aromatic rings. The van der Waals surface area contributed by atoms with Gasteiger partial charge in [-0.25, -0.2) is 9.48 Å². The highest BCUT2D eigenvalue weighted by atomic mass is 16.2. The van der Waals surface area contributed by atoms with E-state index in [9.17, 15) is 14.4 Å². The molecule has 0 saturated carbocycles. The summed E-state index contributed by atoms with van der Waals surface area (Å²) in [5.74, 6) is -0.454. The van der Waals surface area contributed by atoms with E-state index in [4.69, 9.17) is 0 Å². The Balaban J connectivity index is 1.72. The van der Waals surface area contributed by atoms with Crippen LogP contribution in [0.15, 0.2) is 65.5 Å². The Bertz CT molecular complexity index is 1080. The van der Waals surface area contributed by atoms with Gasteiger partial charge in [0.25, 0.3) is 11.5 Å². The third-order valence-electron chi connectivity index (χ3n) is 3.97. The summed E-state index contributed by atoms with van der Waals surface area (Å²) in [6.07, 6.45) is 0. The van der Waals surface area contributed by atoms with Crippen molar-refractivity contribution in [3.05, 3.63) is 82.3 Å². The number of aromatic nitrogens is 2. The van der Waals surface area contributed by atoms with Crippen LogP contribution in [0.1, 0.15) is 16.1 Å². The van der Waals surface area contributed by atoms with Crippen LogP contribution < -0.4 is 21.5 Å². The molecule has 2 aromatic carbocycles. The van der Waals surface area contributed by atoms with Crippen molar-refractivity contribution in [1.82, 2.24) is 9.78 Å². The Kier molecular flexibility index (Phi) is 5.50. The van der Waals surface area contributed by atoms with Gasteiger partial charge >= 0.3 is 6.03 Å². The quantitative estimate of drug-likeness (QED) is 0.650. The zero-order valence-corrected chi connectivity index (χ0v) is 15.4. The number of carbonyl (C=O) groups is 2. The van der Waals surface area contributed by atoms with Gasteiger partial charge in [-0.3, -0.25) is 9.59 Å². The molecular weight excluding hydrogens is 358 g/mol. The fraction of sp³-hybridized carbons (Fsp3) is 0.100. The second-order valence-corrected chi connectivity index (χ2v) is 6.11. The van der Waals surface area contributed by atoms with Crippen molar-refractivity contribution in [2.45, 2.75) is 6.92 Å². The molecule has 0 bridgehead atoms. The van der Waals surface area contributed by atoms with Crippen LogP contribution in [-0.2, 0) is 7.05 Å². The van der Waals surface area contributed by atoms with Crippen LogP contribution in [0.4, 0.5) is 21.9 Å². The average Bonchev–Trinajstić information content (AvgIpc) is 2.67. The SMILES string of the molecule is Cc1ccc(NC(=O)Nc2ccccc2)cc1NC(=O)c1ccc(=O)n(C)n1. The minimum atomic E-state index is -0.454. The van der Waals surface area contributed by atoms with E-state index in [-0.39, 0.29) is 11.3 Å². The van der Waals surface area contributed by atoms with E-state index in [2.05, 4.69) is 21.0 Å². The predicted octanol–water partition coefficient (Wildman–Crippen LogP) is 2.99. The lowest BCUT2D eigenvalue weighted by molar-refractivity contribution is 0.102. The van der Waals surface area contributed by atoms with E-state index in [1.165, 1.54) is 19.2 Å². The lowest BCUT2D eigenvalue weighted by atomic mass is 10.1. The van der Waals surface area contributed by atoms with Gasteiger partial charge in [0.2, 0.25) is 0 Å². The molecule has 0 atom stereocenters. The van der Waals surface area contributed by atoms with Crippen molar-refractivity contribution < 1.29 is 9.59 Å². The Labute approximate surface area is 161 Å². The molecule has 0 saturated heterocycles. The molecule has 28 heavy (non-hydrogen) atoms. The second kappa shape index (κ2) is 8.17. The van der Waals surface area contributed by atoms with Crippen molar-refractivity contribution >= 4 is 29.0 Å². The Morgan fingerprint density at radius 3 is 2.32 bits per heavy atom. The Hall–Kier alpha value is -3.94. The number of benzene rings is 2. The van der Waals surface area contributed by atoms with Crippen molar-refractivity contribution in [3.8, 4) is 0 Å². The van der Waals surface area contributed by atoms with E-state index >= 15 is 0 Å². The van der Waals surface area contributed by atoms with E-state index < -0.39 is 11.9 Å². The molecule has 0 aliphatic carbocycles. The zero-order valence-electron chi connectivity index (χ0n) is 15.4. The molecule has 3 amide bonds. The summed E-state index contributed by atoms with van der Waals surface area (Å²) in [5.41, 5.74) is 2.33. The van der Waals surface area contributed by atoms with Gasteiger partial charge in [-0.2, -0.15) is 5.10 Å². The van der Waals surface area contributed by atoms with Gasteiger partial charge in [-0.15, -0.1) is 0 Å². The van der Waals surface area contributed by atoms with Crippen LogP contribution >= 0.6 is 0 Å². The first-order chi connectivity index (χ1) is 13.4. The highest BCUT2D eigenvalue weighted by Gasteiger charge is 2.12. The van der Waals surface area contributed by atoms with Gasteiger partial charge in [0, 0.05) is 30.2 Å². The molecule has 3 rings (SSSR count). The Morgan fingerprint density at radius 2 is 1.61 bits per heavy atom. The van der Waals surface area contributed by atoms with Crippen LogP contribution in [0, 0.1) is 6.92 Å². The van der Waals surface area contributed by atoms with Gasteiger partial charge in [-0.05, 0) is 42.8 Å². The molecular formula is C20H19N5O3. The number of urea groups is 1. The van der Waals surface area contributed by atoms with E-state index in [0.717, 1.165) is 10.2 Å². The maximum atomic E-state index is 12.4. The third kappa shape index (κ3) is 4.61. The number of aryl methyl sites for hydroxylation is 2. The predicted molar refractivity (Wildman–Crippen MR) is 108 cm³/mol. The molecule has 3 N–H and O–H groups in total. The van der Waals surface area contributed by atoms with E-state index in [0.29, 0.717) is 17.1 Å². The number of para-hydroxylation sites is 1. The van der Waals surface area contributed by atoms with Crippen LogP contribution in [0.25, 0.3) is 0 Å². The van der Waals surface area contributed by atoms with Crippen molar-refractivity contribution in [1.29, 1.82) is 0 Å². The van der Waals surface area contributed by atoms with Crippen LogP contribution in [0.5, 0.6) is 0 Å². The molecule has 0 fully saturated rings. The molecule has 142 valence electrons. The maximum absolute atomic E-state index is 12.4. The average molecular weight is 377 g/mol. The highest BCUT2D eigenvalue weighted by molar-refractivity contribution is 6.04. The first-order valence-electron chi connectivity index (χ1n) is 8.52. The number of hydrogen-bond donors (Lipinski definition) is 3. The fourth-order valence-electron chi connectivity index (χ4n) is 2.46. The molecule has 0 aliphatic heterocycles. The second-order valence-electron chi connectivity index (χ2n) is 6.11. The topological polar surface area (TPSA) is 105 Å². The summed E-state index contributed by atoms with van der Waals surface area (Å²) in [5, 5.41) is 12.1. The van der Waals surface area contributed by atoms with Crippen LogP contribution in [0.2, 0.25) is 0 Å². The summed E-state index contributed by atoms with van der Waals surface area (Å²) < 4.78 is 1.09. The summed E-state index contributed by atoms with van der Waals surface area (Å²) in [6.45, 7) is 1.83. The van der Waals surface area contributed by atoms with Gasteiger partial charge < -0.3 is 16.0 Å². The maximum Gasteiger partial charge on any atom is 0.323 e. The molecule has 0 spiro atoms. The lowest BCUT2D eigenvalue weighted by Crippen LogP contribution is -2.24. The van der Waals surface area contributed by atoms with Crippen LogP contribution in [-0.4, -0.2) is 21.7 Å². The fourth-order valence-corrected chi connectivity index (χ4v) is 2.46. The van der Waals surface area contributed by atoms with E-state index in [1.54, 1.807) is 30.3 Å². The molecule has 0 aliphatic rings. The smallest absolute Gasteiger partial charge is 0.320 e. The first kappa shape index (κ1) is 18.8. The van der Waals surface area contributed by atoms with Crippen molar-refractivity contribution in [3.63, 3.8) is 0 Å². The summed E-state index contributed by atoms with van der Waals surface area (Å²) in [7, 11) is 1.47. The summed E-state index contributed by atoms with van der Waals surface area (Å²) >= 11 is 0. The van der Waals surface area contributed by atoms with Gasteiger partial charge in [0.15, 0.2) is 0 Å². The largest absolute Gasteiger partial charge is 0.323 e. The molecule has 0 radical (unpaired) electrons. The van der Waals surface area contributed by atoms with Crippen molar-refractivity contribution in [2.24, 2.45) is 7.05 Å². The standard InChI is InChI=1S/C20H19N5O3/c1-13-8-9-15(22-20(28)21-14-6-4-3-5-7-14)12-17(13)23-19(27)16-10-11-18(26)25(2)24-16/h3-12H,1-2H3,(H,23,27)(H2,21,22,28). The summed E-state index contributed by atoms with van der Waals surface area (Å²) in [6, 6.07) is 16.5. The highest BCUT2D eigenvalue weighted by Crippen LogP contribution is 2.21. The molecule has 8 heteroatoms. The monoisotopic (exact) mass is 377 g/mol. The number of amides is 3. The number of nitrogens with zero attached hydrogens (tertiary/aromatic N) is 2. The van der Waals surface area contributed by atoms with Gasteiger partial charge in [-0.1, -0.05) is 24.3 Å².